The van der Waals surface area contributed by atoms with Gasteiger partial charge in [-0.15, -0.1) is 11.3 Å². The highest BCUT2D eigenvalue weighted by molar-refractivity contribution is 7.29. The molecule has 2 aromatic rings. The van der Waals surface area contributed by atoms with Gasteiger partial charge in [-0.1, -0.05) is 17.8 Å². The number of hydrogen-bond donors (Lipinski definition) is 2. The molecule has 0 bridgehead atoms. The Kier molecular flexibility index (Phi) is 4.14. The van der Waals surface area contributed by atoms with Crippen molar-refractivity contribution in [2.24, 2.45) is 11.7 Å². The molecule has 2 atom stereocenters. The lowest BCUT2D eigenvalue weighted by Crippen LogP contribution is -2.39. The summed E-state index contributed by atoms with van der Waals surface area (Å²) >= 11 is 3.08. The molecule has 114 valence electrons. The number of aromatic nitrogens is 1. The summed E-state index contributed by atoms with van der Waals surface area (Å²) in [5.74, 6) is 0.440. The molecule has 1 saturated carbocycles. The quantitative estimate of drug-likeness (QED) is 0.905. The number of nitrogens with zero attached hydrogens (tertiary/aromatic N) is 2. The van der Waals surface area contributed by atoms with Crippen LogP contribution in [0.25, 0.3) is 9.53 Å². The average molecular weight is 324 g/mol. The van der Waals surface area contributed by atoms with Crippen LogP contribution >= 0.6 is 22.7 Å². The van der Waals surface area contributed by atoms with Crippen molar-refractivity contribution in [1.82, 2.24) is 10.3 Å². The van der Waals surface area contributed by atoms with Crippen molar-refractivity contribution in [3.05, 3.63) is 10.9 Å². The molecule has 0 spiro atoms. The van der Waals surface area contributed by atoms with E-state index in [2.05, 4.69) is 10.3 Å². The Bertz CT molecular complexity index is 617. The first kappa shape index (κ1) is 14.7. The first-order valence-electron chi connectivity index (χ1n) is 7.17. The van der Waals surface area contributed by atoms with E-state index in [1.807, 2.05) is 25.1 Å². The fourth-order valence-corrected chi connectivity index (χ4v) is 4.81. The van der Waals surface area contributed by atoms with Gasteiger partial charge in [-0.05, 0) is 31.4 Å². The molecule has 1 fully saturated rings. The number of carbonyl (C=O) groups is 1. The monoisotopic (exact) mass is 324 g/mol. The SMILES string of the molecule is CN(C)c1nc2sc(C(=O)NC3CCCC3CN)cc2s1. The largest absolute Gasteiger partial charge is 0.354 e. The predicted octanol–water partition coefficient (Wildman–Crippen LogP) is 2.28. The number of amides is 1. The summed E-state index contributed by atoms with van der Waals surface area (Å²) in [5.41, 5.74) is 5.77. The highest BCUT2D eigenvalue weighted by Crippen LogP contribution is 2.34. The molecule has 1 aliphatic carbocycles. The van der Waals surface area contributed by atoms with E-state index >= 15 is 0 Å². The van der Waals surface area contributed by atoms with Crippen molar-refractivity contribution in [3.63, 3.8) is 0 Å². The van der Waals surface area contributed by atoms with Crippen LogP contribution in [0.2, 0.25) is 0 Å². The number of thiazole rings is 1. The van der Waals surface area contributed by atoms with Gasteiger partial charge in [0.25, 0.3) is 5.91 Å². The van der Waals surface area contributed by atoms with E-state index in [4.69, 9.17) is 5.73 Å². The second-order valence-corrected chi connectivity index (χ2v) is 7.72. The highest BCUT2D eigenvalue weighted by Gasteiger charge is 2.28. The lowest BCUT2D eigenvalue weighted by atomic mass is 10.0. The van der Waals surface area contributed by atoms with Crippen LogP contribution in [0.3, 0.4) is 0 Å². The molecule has 0 saturated heterocycles. The maximum Gasteiger partial charge on any atom is 0.261 e. The van der Waals surface area contributed by atoms with E-state index in [0.717, 1.165) is 38.8 Å². The van der Waals surface area contributed by atoms with Crippen LogP contribution in [-0.4, -0.2) is 37.6 Å². The second-order valence-electron chi connectivity index (χ2n) is 5.68. The van der Waals surface area contributed by atoms with E-state index in [1.165, 1.54) is 11.3 Å². The lowest BCUT2D eigenvalue weighted by molar-refractivity contribution is 0.0933. The van der Waals surface area contributed by atoms with Crippen LogP contribution in [0.4, 0.5) is 5.13 Å². The molecule has 3 rings (SSSR count). The van der Waals surface area contributed by atoms with Gasteiger partial charge in [-0.2, -0.15) is 0 Å². The van der Waals surface area contributed by atoms with Gasteiger partial charge in [-0.25, -0.2) is 4.98 Å². The van der Waals surface area contributed by atoms with Crippen LogP contribution in [0.1, 0.15) is 28.9 Å². The Hall–Kier alpha value is -1.18. The van der Waals surface area contributed by atoms with Crippen molar-refractivity contribution >= 4 is 43.2 Å². The van der Waals surface area contributed by atoms with Crippen molar-refractivity contribution in [2.45, 2.75) is 25.3 Å². The number of thiophene rings is 1. The van der Waals surface area contributed by atoms with Gasteiger partial charge in [0, 0.05) is 20.1 Å². The predicted molar refractivity (Wildman–Crippen MR) is 89.5 cm³/mol. The van der Waals surface area contributed by atoms with Crippen molar-refractivity contribution in [3.8, 4) is 0 Å². The Morgan fingerprint density at radius 1 is 1.48 bits per heavy atom. The molecule has 3 N–H and O–H groups in total. The summed E-state index contributed by atoms with van der Waals surface area (Å²) in [6.45, 7) is 0.651. The number of nitrogens with one attached hydrogen (secondary N) is 1. The third-order valence-electron chi connectivity index (χ3n) is 3.96. The standard InChI is InChI=1S/C14H20N4OS2/c1-18(2)14-17-13-11(21-14)6-10(20-13)12(19)16-9-5-3-4-8(9)7-15/h6,8-9H,3-5,7,15H2,1-2H3,(H,16,19). The summed E-state index contributed by atoms with van der Waals surface area (Å²) in [6.07, 6.45) is 3.31. The van der Waals surface area contributed by atoms with Crippen molar-refractivity contribution in [2.75, 3.05) is 25.5 Å². The fourth-order valence-electron chi connectivity index (χ4n) is 2.78. The third-order valence-corrected chi connectivity index (χ3v) is 6.29. The van der Waals surface area contributed by atoms with Gasteiger partial charge in [0.2, 0.25) is 0 Å². The zero-order chi connectivity index (χ0) is 15.0. The first-order chi connectivity index (χ1) is 10.1. The van der Waals surface area contributed by atoms with Gasteiger partial charge in [0.1, 0.15) is 4.83 Å². The Morgan fingerprint density at radius 3 is 2.95 bits per heavy atom. The topological polar surface area (TPSA) is 71.2 Å². The van der Waals surface area contributed by atoms with Crippen LogP contribution in [0, 0.1) is 5.92 Å². The first-order valence-corrected chi connectivity index (χ1v) is 8.80. The van der Waals surface area contributed by atoms with Crippen LogP contribution in [0.5, 0.6) is 0 Å². The van der Waals surface area contributed by atoms with Gasteiger partial charge in [-0.3, -0.25) is 4.79 Å². The Labute approximate surface area is 132 Å². The molecule has 2 unspecified atom stereocenters. The molecule has 5 nitrogen and oxygen atoms in total. The second kappa shape index (κ2) is 5.90. The maximum atomic E-state index is 12.4. The zero-order valence-electron chi connectivity index (χ0n) is 12.3. The van der Waals surface area contributed by atoms with E-state index in [0.29, 0.717) is 12.5 Å². The number of carbonyl (C=O) groups excluding carboxylic acids is 1. The normalized spacial score (nSPS) is 21.9. The number of fused-ring (bicyclic) bond motifs is 1. The smallest absolute Gasteiger partial charge is 0.261 e. The summed E-state index contributed by atoms with van der Waals surface area (Å²) in [4.78, 5) is 20.6. The minimum absolute atomic E-state index is 0.0157. The molecule has 2 aromatic heterocycles. The van der Waals surface area contributed by atoms with Crippen molar-refractivity contribution in [1.29, 1.82) is 0 Å². The molecule has 0 aliphatic heterocycles. The average Bonchev–Trinajstić information content (AvgIpc) is 3.11. The van der Waals surface area contributed by atoms with E-state index in [1.54, 1.807) is 11.3 Å². The molecule has 7 heteroatoms. The summed E-state index contributed by atoms with van der Waals surface area (Å²) in [7, 11) is 3.95. The molecule has 0 radical (unpaired) electrons. The van der Waals surface area contributed by atoms with Gasteiger partial charge < -0.3 is 16.0 Å². The molecule has 0 aromatic carbocycles. The minimum Gasteiger partial charge on any atom is -0.354 e. The third kappa shape index (κ3) is 2.90. The Morgan fingerprint density at radius 2 is 2.29 bits per heavy atom. The fraction of sp³-hybridized carbons (Fsp3) is 0.571. The molecule has 21 heavy (non-hydrogen) atoms. The lowest BCUT2D eigenvalue weighted by Gasteiger charge is -2.18. The van der Waals surface area contributed by atoms with Gasteiger partial charge in [0.15, 0.2) is 5.13 Å². The molecule has 1 amide bonds. The molecule has 1 aliphatic rings. The number of hydrogen-bond acceptors (Lipinski definition) is 6. The summed E-state index contributed by atoms with van der Waals surface area (Å²) in [5, 5.41) is 4.12. The maximum absolute atomic E-state index is 12.4. The van der Waals surface area contributed by atoms with Gasteiger partial charge >= 0.3 is 0 Å². The van der Waals surface area contributed by atoms with Crippen LogP contribution in [-0.2, 0) is 0 Å². The number of anilines is 1. The van der Waals surface area contributed by atoms with Gasteiger partial charge in [0.05, 0.1) is 9.58 Å². The van der Waals surface area contributed by atoms with E-state index < -0.39 is 0 Å². The van der Waals surface area contributed by atoms with E-state index in [-0.39, 0.29) is 11.9 Å². The van der Waals surface area contributed by atoms with Crippen LogP contribution < -0.4 is 16.0 Å². The summed E-state index contributed by atoms with van der Waals surface area (Å²) in [6, 6.07) is 2.18. The number of rotatable bonds is 4. The summed E-state index contributed by atoms with van der Waals surface area (Å²) < 4.78 is 1.08. The van der Waals surface area contributed by atoms with Crippen LogP contribution in [0.15, 0.2) is 6.07 Å². The molecular weight excluding hydrogens is 304 g/mol. The van der Waals surface area contributed by atoms with E-state index in [9.17, 15) is 4.79 Å². The number of nitrogens with two attached hydrogens (primary N) is 1. The van der Waals surface area contributed by atoms with Crippen molar-refractivity contribution < 1.29 is 4.79 Å². The Balaban J connectivity index is 1.74. The zero-order valence-corrected chi connectivity index (χ0v) is 13.9. The molecular formula is C14H20N4OS2. The minimum atomic E-state index is 0.0157. The molecule has 2 heterocycles. The highest BCUT2D eigenvalue weighted by atomic mass is 32.1.